The van der Waals surface area contributed by atoms with Gasteiger partial charge in [-0.2, -0.15) is 5.10 Å². The van der Waals surface area contributed by atoms with Crippen molar-refractivity contribution in [2.24, 2.45) is 0 Å². The molecule has 0 unspecified atom stereocenters. The highest BCUT2D eigenvalue weighted by molar-refractivity contribution is 9.10. The van der Waals surface area contributed by atoms with E-state index < -0.39 is 0 Å². The van der Waals surface area contributed by atoms with Crippen molar-refractivity contribution in [1.29, 1.82) is 0 Å². The van der Waals surface area contributed by atoms with E-state index >= 15 is 0 Å². The standard InChI is InChI=1S/C17H14BrN3O2/c1-10-8-11(6-7-14(10)18)19-16(22)9-15-12-4-2-3-5-13(12)17(23)21-20-15/h2-8H,9H2,1H3,(H,19,22)(H,21,23). The van der Waals surface area contributed by atoms with Crippen LogP contribution in [0, 0.1) is 6.92 Å². The largest absolute Gasteiger partial charge is 0.326 e. The van der Waals surface area contributed by atoms with Crippen LogP contribution in [0.3, 0.4) is 0 Å². The second-order valence-corrected chi connectivity index (χ2v) is 6.09. The predicted octanol–water partition coefficient (Wildman–Crippen LogP) is 3.18. The molecule has 0 aliphatic heterocycles. The van der Waals surface area contributed by atoms with Crippen molar-refractivity contribution in [3.8, 4) is 0 Å². The molecule has 2 aromatic carbocycles. The number of amides is 1. The lowest BCUT2D eigenvalue weighted by Gasteiger charge is -2.08. The van der Waals surface area contributed by atoms with Gasteiger partial charge < -0.3 is 5.32 Å². The van der Waals surface area contributed by atoms with Crippen molar-refractivity contribution in [2.75, 3.05) is 5.32 Å². The van der Waals surface area contributed by atoms with Crippen LogP contribution in [0.25, 0.3) is 10.8 Å². The smallest absolute Gasteiger partial charge is 0.272 e. The number of hydrogen-bond acceptors (Lipinski definition) is 3. The van der Waals surface area contributed by atoms with Crippen LogP contribution in [-0.2, 0) is 11.2 Å². The maximum absolute atomic E-state index is 12.3. The number of aromatic nitrogens is 2. The fourth-order valence-electron chi connectivity index (χ4n) is 2.39. The number of benzene rings is 2. The van der Waals surface area contributed by atoms with Crippen LogP contribution in [0.5, 0.6) is 0 Å². The summed E-state index contributed by atoms with van der Waals surface area (Å²) in [7, 11) is 0. The van der Waals surface area contributed by atoms with Crippen LogP contribution < -0.4 is 10.9 Å². The van der Waals surface area contributed by atoms with Gasteiger partial charge in [-0.3, -0.25) is 9.59 Å². The van der Waals surface area contributed by atoms with Crippen molar-refractivity contribution >= 4 is 38.3 Å². The third kappa shape index (κ3) is 3.32. The first kappa shape index (κ1) is 15.4. The van der Waals surface area contributed by atoms with Crippen molar-refractivity contribution in [1.82, 2.24) is 10.2 Å². The lowest BCUT2D eigenvalue weighted by molar-refractivity contribution is -0.115. The molecule has 0 aliphatic carbocycles. The number of hydrogen-bond donors (Lipinski definition) is 2. The molecule has 0 radical (unpaired) electrons. The molecule has 2 N–H and O–H groups in total. The minimum Gasteiger partial charge on any atom is -0.326 e. The zero-order valence-electron chi connectivity index (χ0n) is 12.4. The molecule has 0 aliphatic rings. The Morgan fingerprint density at radius 3 is 2.70 bits per heavy atom. The summed E-state index contributed by atoms with van der Waals surface area (Å²) in [6.45, 7) is 1.96. The van der Waals surface area contributed by atoms with E-state index in [-0.39, 0.29) is 17.9 Å². The Labute approximate surface area is 140 Å². The van der Waals surface area contributed by atoms with Crippen LogP contribution in [0.4, 0.5) is 5.69 Å². The Morgan fingerprint density at radius 1 is 1.22 bits per heavy atom. The van der Waals surface area contributed by atoms with Crippen LogP contribution >= 0.6 is 15.9 Å². The van der Waals surface area contributed by atoms with Gasteiger partial charge in [0.2, 0.25) is 5.91 Å². The van der Waals surface area contributed by atoms with Crippen LogP contribution in [0.2, 0.25) is 0 Å². The van der Waals surface area contributed by atoms with Crippen LogP contribution in [0.15, 0.2) is 51.7 Å². The predicted molar refractivity (Wildman–Crippen MR) is 93.6 cm³/mol. The molecule has 0 saturated heterocycles. The Morgan fingerprint density at radius 2 is 1.96 bits per heavy atom. The number of aryl methyl sites for hydroxylation is 1. The average molecular weight is 372 g/mol. The molecule has 0 spiro atoms. The molecule has 1 amide bonds. The van der Waals surface area contributed by atoms with E-state index in [4.69, 9.17) is 0 Å². The van der Waals surface area contributed by atoms with Crippen molar-refractivity contribution < 1.29 is 4.79 Å². The zero-order valence-corrected chi connectivity index (χ0v) is 14.0. The first-order chi connectivity index (χ1) is 11.0. The summed E-state index contributed by atoms with van der Waals surface area (Å²) in [5.74, 6) is -0.184. The Kier molecular flexibility index (Phi) is 4.25. The average Bonchev–Trinajstić information content (AvgIpc) is 2.54. The molecule has 23 heavy (non-hydrogen) atoms. The molecule has 0 saturated carbocycles. The number of fused-ring (bicyclic) bond motifs is 1. The highest BCUT2D eigenvalue weighted by atomic mass is 79.9. The SMILES string of the molecule is Cc1cc(NC(=O)Cc2n[nH]c(=O)c3ccccc23)ccc1Br. The van der Waals surface area contributed by atoms with Crippen molar-refractivity contribution in [3.63, 3.8) is 0 Å². The summed E-state index contributed by atoms with van der Waals surface area (Å²) in [5.41, 5.74) is 2.06. The van der Waals surface area contributed by atoms with Gasteiger partial charge in [0.1, 0.15) is 0 Å². The quantitative estimate of drug-likeness (QED) is 0.742. The van der Waals surface area contributed by atoms with Crippen LogP contribution in [-0.4, -0.2) is 16.1 Å². The summed E-state index contributed by atoms with van der Waals surface area (Å²) in [6, 6.07) is 12.7. The number of aromatic amines is 1. The van der Waals surface area contributed by atoms with Gasteiger partial charge in [0.15, 0.2) is 0 Å². The molecule has 0 bridgehead atoms. The first-order valence-electron chi connectivity index (χ1n) is 7.07. The molecule has 116 valence electrons. The number of carbonyl (C=O) groups excluding carboxylic acids is 1. The summed E-state index contributed by atoms with van der Waals surface area (Å²) in [5, 5.41) is 10.5. The molecule has 1 heterocycles. The number of H-pyrrole nitrogens is 1. The van der Waals surface area contributed by atoms with Gasteiger partial charge in [-0.25, -0.2) is 5.10 Å². The number of nitrogens with zero attached hydrogens (tertiary/aromatic N) is 1. The highest BCUT2D eigenvalue weighted by Gasteiger charge is 2.11. The van der Waals surface area contributed by atoms with Gasteiger partial charge in [-0.15, -0.1) is 0 Å². The molecule has 3 rings (SSSR count). The van der Waals surface area contributed by atoms with Gasteiger partial charge in [0.05, 0.1) is 17.5 Å². The monoisotopic (exact) mass is 371 g/mol. The second kappa shape index (κ2) is 6.34. The summed E-state index contributed by atoms with van der Waals surface area (Å²) >= 11 is 3.43. The third-order valence-electron chi connectivity index (χ3n) is 3.54. The van der Waals surface area contributed by atoms with Gasteiger partial charge in [0, 0.05) is 15.5 Å². The number of carbonyl (C=O) groups is 1. The fraction of sp³-hybridized carbons (Fsp3) is 0.118. The second-order valence-electron chi connectivity index (χ2n) is 5.23. The normalized spacial score (nSPS) is 10.7. The molecule has 0 atom stereocenters. The van der Waals surface area contributed by atoms with E-state index in [1.807, 2.05) is 31.2 Å². The van der Waals surface area contributed by atoms with Gasteiger partial charge in [0.25, 0.3) is 5.56 Å². The minimum atomic E-state index is -0.256. The minimum absolute atomic E-state index is 0.0897. The van der Waals surface area contributed by atoms with Crippen molar-refractivity contribution in [2.45, 2.75) is 13.3 Å². The zero-order chi connectivity index (χ0) is 16.4. The topological polar surface area (TPSA) is 74.8 Å². The highest BCUT2D eigenvalue weighted by Crippen LogP contribution is 2.20. The van der Waals surface area contributed by atoms with E-state index in [2.05, 4.69) is 31.4 Å². The van der Waals surface area contributed by atoms with Crippen molar-refractivity contribution in [3.05, 3.63) is 68.5 Å². The Hall–Kier alpha value is -2.47. The summed E-state index contributed by atoms with van der Waals surface area (Å²) in [6.07, 6.45) is 0.0897. The van der Waals surface area contributed by atoms with E-state index in [1.165, 1.54) is 0 Å². The fourth-order valence-corrected chi connectivity index (χ4v) is 2.63. The maximum atomic E-state index is 12.3. The molecule has 0 fully saturated rings. The van der Waals surface area contributed by atoms with Gasteiger partial charge in [-0.1, -0.05) is 34.1 Å². The van der Waals surface area contributed by atoms with E-state index in [1.54, 1.807) is 18.2 Å². The number of anilines is 1. The third-order valence-corrected chi connectivity index (χ3v) is 4.43. The Balaban J connectivity index is 1.84. The molecule has 3 aromatic rings. The summed E-state index contributed by atoms with van der Waals surface area (Å²) in [4.78, 5) is 24.0. The molecule has 1 aromatic heterocycles. The van der Waals surface area contributed by atoms with E-state index in [9.17, 15) is 9.59 Å². The maximum Gasteiger partial charge on any atom is 0.272 e. The lowest BCUT2D eigenvalue weighted by Crippen LogP contribution is -2.18. The molecular formula is C17H14BrN3O2. The summed E-state index contributed by atoms with van der Waals surface area (Å²) < 4.78 is 0.990. The Bertz CT molecular complexity index is 950. The van der Waals surface area contributed by atoms with Crippen LogP contribution in [0.1, 0.15) is 11.3 Å². The van der Waals surface area contributed by atoms with E-state index in [0.29, 0.717) is 16.5 Å². The van der Waals surface area contributed by atoms with Gasteiger partial charge in [-0.05, 0) is 36.8 Å². The van der Waals surface area contributed by atoms with Gasteiger partial charge >= 0.3 is 0 Å². The molecular weight excluding hydrogens is 358 g/mol. The lowest BCUT2D eigenvalue weighted by atomic mass is 10.1. The van der Waals surface area contributed by atoms with E-state index in [0.717, 1.165) is 15.7 Å². The number of rotatable bonds is 3. The number of nitrogens with one attached hydrogen (secondary N) is 2. The molecule has 6 heteroatoms. The molecule has 5 nitrogen and oxygen atoms in total. The first-order valence-corrected chi connectivity index (χ1v) is 7.86. The number of halogens is 1.